The normalized spacial score (nSPS) is 10.7. The lowest BCUT2D eigenvalue weighted by atomic mass is 10.2. The van der Waals surface area contributed by atoms with Crippen LogP contribution >= 0.6 is 0 Å². The Labute approximate surface area is 119 Å². The Morgan fingerprint density at radius 2 is 1.95 bits per heavy atom. The number of hydrogen-bond donors (Lipinski definition) is 2. The zero-order valence-corrected chi connectivity index (χ0v) is 10.7. The van der Waals surface area contributed by atoms with E-state index >= 15 is 0 Å². The highest BCUT2D eigenvalue weighted by atomic mass is 16.4. The van der Waals surface area contributed by atoms with Gasteiger partial charge in [-0.2, -0.15) is 5.26 Å². The standard InChI is InChI=1S/C15H10N2O4/c16-9-11(8-13-2-1-7-21-13)14(18)17-12-5-3-10(4-6-12)15(19)20/h1-8H,(H,17,18)(H,19,20). The van der Waals surface area contributed by atoms with E-state index in [1.807, 2.05) is 0 Å². The number of nitriles is 1. The monoisotopic (exact) mass is 282 g/mol. The van der Waals surface area contributed by atoms with Crippen molar-refractivity contribution in [3.8, 4) is 6.07 Å². The maximum absolute atomic E-state index is 11.9. The van der Waals surface area contributed by atoms with Crippen LogP contribution in [0, 0.1) is 11.3 Å². The van der Waals surface area contributed by atoms with Gasteiger partial charge in [0.05, 0.1) is 11.8 Å². The number of benzene rings is 1. The average molecular weight is 282 g/mol. The Bertz CT molecular complexity index is 722. The zero-order valence-electron chi connectivity index (χ0n) is 10.7. The molecule has 104 valence electrons. The highest BCUT2D eigenvalue weighted by Crippen LogP contribution is 2.13. The van der Waals surface area contributed by atoms with Crippen LogP contribution in [-0.2, 0) is 4.79 Å². The first kappa shape index (κ1) is 14.1. The molecule has 6 heteroatoms. The van der Waals surface area contributed by atoms with Crippen molar-refractivity contribution in [1.82, 2.24) is 0 Å². The maximum Gasteiger partial charge on any atom is 0.335 e. The van der Waals surface area contributed by atoms with Crippen molar-refractivity contribution in [2.75, 3.05) is 5.32 Å². The van der Waals surface area contributed by atoms with Gasteiger partial charge in [-0.25, -0.2) is 4.79 Å². The summed E-state index contributed by atoms with van der Waals surface area (Å²) in [6, 6.07) is 10.7. The molecular formula is C15H10N2O4. The summed E-state index contributed by atoms with van der Waals surface area (Å²) in [4.78, 5) is 22.6. The number of aromatic carboxylic acids is 1. The minimum Gasteiger partial charge on any atom is -0.478 e. The fraction of sp³-hybridized carbons (Fsp3) is 0. The number of carbonyl (C=O) groups is 2. The lowest BCUT2D eigenvalue weighted by Crippen LogP contribution is -2.13. The number of carboxylic acid groups (broad SMARTS) is 1. The van der Waals surface area contributed by atoms with Gasteiger partial charge in [0.1, 0.15) is 17.4 Å². The molecule has 1 aromatic heterocycles. The molecule has 0 fully saturated rings. The molecule has 6 nitrogen and oxygen atoms in total. The molecular weight excluding hydrogens is 272 g/mol. The van der Waals surface area contributed by atoms with Crippen molar-refractivity contribution < 1.29 is 19.1 Å². The summed E-state index contributed by atoms with van der Waals surface area (Å²) in [7, 11) is 0. The van der Waals surface area contributed by atoms with Crippen LogP contribution < -0.4 is 5.32 Å². The first-order chi connectivity index (χ1) is 10.1. The molecule has 0 saturated heterocycles. The fourth-order valence-electron chi connectivity index (χ4n) is 1.56. The molecule has 0 aliphatic rings. The molecule has 1 amide bonds. The molecule has 0 spiro atoms. The molecule has 0 radical (unpaired) electrons. The van der Waals surface area contributed by atoms with Crippen LogP contribution in [0.5, 0.6) is 0 Å². The predicted molar refractivity (Wildman–Crippen MR) is 74.3 cm³/mol. The van der Waals surface area contributed by atoms with Crippen molar-refractivity contribution in [2.24, 2.45) is 0 Å². The Balaban J connectivity index is 2.13. The third kappa shape index (κ3) is 3.58. The van der Waals surface area contributed by atoms with E-state index < -0.39 is 11.9 Å². The lowest BCUT2D eigenvalue weighted by molar-refractivity contribution is -0.112. The third-order valence-corrected chi connectivity index (χ3v) is 2.58. The van der Waals surface area contributed by atoms with Gasteiger partial charge in [0.2, 0.25) is 0 Å². The molecule has 2 rings (SSSR count). The number of carboxylic acids is 1. The van der Waals surface area contributed by atoms with Crippen molar-refractivity contribution in [2.45, 2.75) is 0 Å². The third-order valence-electron chi connectivity index (χ3n) is 2.58. The quantitative estimate of drug-likeness (QED) is 0.662. The van der Waals surface area contributed by atoms with Crippen molar-refractivity contribution >= 4 is 23.6 Å². The van der Waals surface area contributed by atoms with Gasteiger partial charge < -0.3 is 14.8 Å². The molecule has 21 heavy (non-hydrogen) atoms. The maximum atomic E-state index is 11.9. The number of furan rings is 1. The Morgan fingerprint density at radius 1 is 1.24 bits per heavy atom. The van der Waals surface area contributed by atoms with E-state index in [-0.39, 0.29) is 11.1 Å². The van der Waals surface area contributed by atoms with E-state index in [1.165, 1.54) is 36.6 Å². The molecule has 0 saturated carbocycles. The van der Waals surface area contributed by atoms with Gasteiger partial charge in [0, 0.05) is 11.8 Å². The zero-order chi connectivity index (χ0) is 15.2. The largest absolute Gasteiger partial charge is 0.478 e. The van der Waals surface area contributed by atoms with Gasteiger partial charge in [-0.05, 0) is 36.4 Å². The minimum absolute atomic E-state index is 0.111. The molecule has 0 aliphatic carbocycles. The van der Waals surface area contributed by atoms with E-state index in [0.29, 0.717) is 11.4 Å². The Hall–Kier alpha value is -3.33. The topological polar surface area (TPSA) is 103 Å². The molecule has 2 N–H and O–H groups in total. The highest BCUT2D eigenvalue weighted by Gasteiger charge is 2.10. The van der Waals surface area contributed by atoms with Gasteiger partial charge in [0.15, 0.2) is 0 Å². The van der Waals surface area contributed by atoms with Gasteiger partial charge in [-0.1, -0.05) is 0 Å². The van der Waals surface area contributed by atoms with Crippen LogP contribution in [0.3, 0.4) is 0 Å². The Kier molecular flexibility index (Phi) is 4.17. The summed E-state index contributed by atoms with van der Waals surface area (Å²) in [6.07, 6.45) is 2.75. The molecule has 0 bridgehead atoms. The van der Waals surface area contributed by atoms with Gasteiger partial charge in [-0.15, -0.1) is 0 Å². The van der Waals surface area contributed by atoms with Crippen LogP contribution in [0.15, 0.2) is 52.7 Å². The van der Waals surface area contributed by atoms with Crippen LogP contribution in [-0.4, -0.2) is 17.0 Å². The first-order valence-electron chi connectivity index (χ1n) is 5.90. The van der Waals surface area contributed by atoms with E-state index in [0.717, 1.165) is 0 Å². The predicted octanol–water partition coefficient (Wildman–Crippen LogP) is 2.52. The first-order valence-corrected chi connectivity index (χ1v) is 5.90. The van der Waals surface area contributed by atoms with Crippen molar-refractivity contribution in [1.29, 1.82) is 5.26 Å². The molecule has 0 unspecified atom stereocenters. The highest BCUT2D eigenvalue weighted by molar-refractivity contribution is 6.09. The summed E-state index contributed by atoms with van der Waals surface area (Å²) >= 11 is 0. The van der Waals surface area contributed by atoms with E-state index in [2.05, 4.69) is 5.32 Å². The minimum atomic E-state index is -1.05. The summed E-state index contributed by atoms with van der Waals surface area (Å²) in [5.74, 6) is -1.26. The SMILES string of the molecule is N#CC(=Cc1ccco1)C(=O)Nc1ccc(C(=O)O)cc1. The van der Waals surface area contributed by atoms with Crippen LogP contribution in [0.25, 0.3) is 6.08 Å². The average Bonchev–Trinajstić information content (AvgIpc) is 2.98. The van der Waals surface area contributed by atoms with Gasteiger partial charge in [-0.3, -0.25) is 4.79 Å². The lowest BCUT2D eigenvalue weighted by Gasteiger charge is -2.04. The number of rotatable bonds is 4. The summed E-state index contributed by atoms with van der Waals surface area (Å²) < 4.78 is 5.04. The molecule has 0 atom stereocenters. The number of anilines is 1. The number of amides is 1. The summed E-state index contributed by atoms with van der Waals surface area (Å²) in [5.41, 5.74) is 0.387. The molecule has 0 aliphatic heterocycles. The van der Waals surface area contributed by atoms with Crippen LogP contribution in [0.4, 0.5) is 5.69 Å². The summed E-state index contributed by atoms with van der Waals surface area (Å²) in [6.45, 7) is 0. The van der Waals surface area contributed by atoms with E-state index in [1.54, 1.807) is 18.2 Å². The Morgan fingerprint density at radius 3 is 2.48 bits per heavy atom. The second-order valence-corrected chi connectivity index (χ2v) is 4.02. The van der Waals surface area contributed by atoms with Gasteiger partial charge >= 0.3 is 5.97 Å². The molecule has 1 heterocycles. The van der Waals surface area contributed by atoms with Crippen LogP contribution in [0.1, 0.15) is 16.1 Å². The molecule has 2 aromatic rings. The second-order valence-electron chi connectivity index (χ2n) is 4.02. The molecule has 1 aromatic carbocycles. The van der Waals surface area contributed by atoms with Crippen molar-refractivity contribution in [3.63, 3.8) is 0 Å². The fourth-order valence-corrected chi connectivity index (χ4v) is 1.56. The smallest absolute Gasteiger partial charge is 0.335 e. The number of nitrogens with zero attached hydrogens (tertiary/aromatic N) is 1. The summed E-state index contributed by atoms with van der Waals surface area (Å²) in [5, 5.41) is 20.3. The van der Waals surface area contributed by atoms with E-state index in [4.69, 9.17) is 14.8 Å². The number of carbonyl (C=O) groups excluding carboxylic acids is 1. The number of hydrogen-bond acceptors (Lipinski definition) is 4. The van der Waals surface area contributed by atoms with Gasteiger partial charge in [0.25, 0.3) is 5.91 Å². The second kappa shape index (κ2) is 6.21. The van der Waals surface area contributed by atoms with Crippen molar-refractivity contribution in [3.05, 3.63) is 59.6 Å². The number of nitrogens with one attached hydrogen (secondary N) is 1. The van der Waals surface area contributed by atoms with Crippen LogP contribution in [0.2, 0.25) is 0 Å². The van der Waals surface area contributed by atoms with E-state index in [9.17, 15) is 9.59 Å².